The first-order valence-corrected chi connectivity index (χ1v) is 9.33. The van der Waals surface area contributed by atoms with Crippen LogP contribution >= 0.6 is 0 Å². The van der Waals surface area contributed by atoms with E-state index in [1.165, 1.54) is 70.9 Å². The molecule has 0 aromatic carbocycles. The molecule has 1 heterocycles. The van der Waals surface area contributed by atoms with Crippen LogP contribution in [-0.2, 0) is 0 Å². The third kappa shape index (κ3) is 4.56. The Labute approximate surface area is 132 Å². The van der Waals surface area contributed by atoms with E-state index < -0.39 is 0 Å². The van der Waals surface area contributed by atoms with E-state index >= 15 is 0 Å². The molecule has 1 saturated heterocycles. The number of nitrogens with one attached hydrogen (secondary N) is 1. The topological polar surface area (TPSA) is 15.3 Å². The van der Waals surface area contributed by atoms with Gasteiger partial charge in [-0.2, -0.15) is 0 Å². The molecule has 0 radical (unpaired) electrons. The van der Waals surface area contributed by atoms with Crippen LogP contribution in [0.15, 0.2) is 11.6 Å². The molecule has 122 valence electrons. The summed E-state index contributed by atoms with van der Waals surface area (Å²) in [5.74, 6) is 0. The van der Waals surface area contributed by atoms with Crippen LogP contribution in [-0.4, -0.2) is 36.1 Å². The number of hydrogen-bond donors (Lipinski definition) is 1. The van der Waals surface area contributed by atoms with Crippen LogP contribution in [0.3, 0.4) is 0 Å². The summed E-state index contributed by atoms with van der Waals surface area (Å²) in [6.45, 7) is 10.8. The summed E-state index contributed by atoms with van der Waals surface area (Å²) in [5, 5.41) is 3.83. The smallest absolute Gasteiger partial charge is 0.0461 e. The van der Waals surface area contributed by atoms with E-state index in [1.807, 2.05) is 0 Å². The Morgan fingerprint density at radius 3 is 2.38 bits per heavy atom. The molecule has 1 atom stereocenters. The largest absolute Gasteiger partial charge is 0.309 e. The molecule has 21 heavy (non-hydrogen) atoms. The summed E-state index contributed by atoms with van der Waals surface area (Å²) in [4.78, 5) is 2.76. The molecule has 2 nitrogen and oxygen atoms in total. The van der Waals surface area contributed by atoms with Crippen LogP contribution in [0.5, 0.6) is 0 Å². The summed E-state index contributed by atoms with van der Waals surface area (Å²) in [6, 6.07) is 0.527. The zero-order valence-electron chi connectivity index (χ0n) is 14.6. The van der Waals surface area contributed by atoms with Crippen molar-refractivity contribution in [3.63, 3.8) is 0 Å². The van der Waals surface area contributed by atoms with Crippen molar-refractivity contribution < 1.29 is 0 Å². The third-order valence-electron chi connectivity index (χ3n) is 5.48. The first-order chi connectivity index (χ1) is 10.2. The Hall–Kier alpha value is -0.340. The van der Waals surface area contributed by atoms with Gasteiger partial charge in [0, 0.05) is 11.6 Å². The van der Waals surface area contributed by atoms with E-state index in [0.717, 1.165) is 6.54 Å². The maximum atomic E-state index is 3.83. The van der Waals surface area contributed by atoms with E-state index in [-0.39, 0.29) is 5.54 Å². The van der Waals surface area contributed by atoms with Gasteiger partial charge in [-0.15, -0.1) is 0 Å². The molecule has 2 heteroatoms. The Morgan fingerprint density at radius 1 is 1.05 bits per heavy atom. The van der Waals surface area contributed by atoms with Crippen LogP contribution in [0.25, 0.3) is 0 Å². The Bertz CT molecular complexity index is 324. The SMILES string of the molecule is CCNC(C1=CCCCCC1)C(C)(C)N1CCCCCC1. The highest BCUT2D eigenvalue weighted by molar-refractivity contribution is 5.19. The van der Waals surface area contributed by atoms with Gasteiger partial charge >= 0.3 is 0 Å². The molecule has 1 N–H and O–H groups in total. The number of likely N-dealkylation sites (tertiary alicyclic amines) is 1. The first-order valence-electron chi connectivity index (χ1n) is 9.33. The summed E-state index contributed by atoms with van der Waals surface area (Å²) < 4.78 is 0. The monoisotopic (exact) mass is 292 g/mol. The number of nitrogens with zero attached hydrogens (tertiary/aromatic N) is 1. The molecule has 1 aliphatic heterocycles. The lowest BCUT2D eigenvalue weighted by Crippen LogP contribution is -2.58. The van der Waals surface area contributed by atoms with Gasteiger partial charge in [0.1, 0.15) is 0 Å². The molecule has 0 spiro atoms. The van der Waals surface area contributed by atoms with E-state index in [0.29, 0.717) is 6.04 Å². The standard InChI is InChI=1S/C19H36N2/c1-4-20-18(17-13-9-5-6-10-14-17)19(2,3)21-15-11-7-8-12-16-21/h13,18,20H,4-12,14-16H2,1-3H3. The third-order valence-corrected chi connectivity index (χ3v) is 5.48. The number of hydrogen-bond acceptors (Lipinski definition) is 2. The van der Waals surface area contributed by atoms with Gasteiger partial charge < -0.3 is 5.32 Å². The molecule has 2 rings (SSSR count). The van der Waals surface area contributed by atoms with Crippen molar-refractivity contribution >= 4 is 0 Å². The predicted molar refractivity (Wildman–Crippen MR) is 92.8 cm³/mol. The molecule has 1 aliphatic carbocycles. The van der Waals surface area contributed by atoms with Gasteiger partial charge in [-0.1, -0.05) is 37.8 Å². The quantitative estimate of drug-likeness (QED) is 0.750. The lowest BCUT2D eigenvalue weighted by Gasteiger charge is -2.45. The zero-order chi connectivity index (χ0) is 15.1. The van der Waals surface area contributed by atoms with E-state index in [1.54, 1.807) is 5.57 Å². The summed E-state index contributed by atoms with van der Waals surface area (Å²) in [7, 11) is 0. The van der Waals surface area contributed by atoms with Crippen LogP contribution < -0.4 is 5.32 Å². The van der Waals surface area contributed by atoms with Gasteiger partial charge in [0.05, 0.1) is 0 Å². The normalized spacial score (nSPS) is 24.0. The van der Waals surface area contributed by atoms with E-state index in [2.05, 4.69) is 37.1 Å². The van der Waals surface area contributed by atoms with Crippen LogP contribution in [0.4, 0.5) is 0 Å². The van der Waals surface area contributed by atoms with Crippen molar-refractivity contribution in [1.29, 1.82) is 0 Å². The minimum atomic E-state index is 0.233. The lowest BCUT2D eigenvalue weighted by atomic mass is 9.84. The lowest BCUT2D eigenvalue weighted by molar-refractivity contribution is 0.0952. The molecule has 0 aromatic heterocycles. The molecular formula is C19H36N2. The van der Waals surface area contributed by atoms with Gasteiger partial charge in [0.25, 0.3) is 0 Å². The predicted octanol–water partition coefficient (Wildman–Crippen LogP) is 4.51. The average molecular weight is 293 g/mol. The Kier molecular flexibility index (Phi) is 6.75. The highest BCUT2D eigenvalue weighted by atomic mass is 15.2. The van der Waals surface area contributed by atoms with Crippen molar-refractivity contribution in [2.45, 2.75) is 90.1 Å². The minimum Gasteiger partial charge on any atom is -0.309 e. The Morgan fingerprint density at radius 2 is 1.71 bits per heavy atom. The fourth-order valence-electron chi connectivity index (χ4n) is 4.17. The van der Waals surface area contributed by atoms with Crippen molar-refractivity contribution in [3.8, 4) is 0 Å². The molecular weight excluding hydrogens is 256 g/mol. The van der Waals surface area contributed by atoms with Gasteiger partial charge in [-0.25, -0.2) is 0 Å². The van der Waals surface area contributed by atoms with Crippen LogP contribution in [0.1, 0.15) is 78.6 Å². The van der Waals surface area contributed by atoms with Crippen molar-refractivity contribution in [2.24, 2.45) is 0 Å². The van der Waals surface area contributed by atoms with Crippen molar-refractivity contribution in [2.75, 3.05) is 19.6 Å². The van der Waals surface area contributed by atoms with Crippen LogP contribution in [0, 0.1) is 0 Å². The first kappa shape index (κ1) is 17.0. The maximum absolute atomic E-state index is 3.83. The molecule has 0 amide bonds. The second kappa shape index (κ2) is 8.33. The second-order valence-electron chi connectivity index (χ2n) is 7.42. The van der Waals surface area contributed by atoms with Gasteiger partial charge in [0.2, 0.25) is 0 Å². The number of likely N-dealkylation sites (N-methyl/N-ethyl adjacent to an activating group) is 1. The maximum Gasteiger partial charge on any atom is 0.0461 e. The van der Waals surface area contributed by atoms with Crippen LogP contribution in [0.2, 0.25) is 0 Å². The molecule has 1 fully saturated rings. The summed E-state index contributed by atoms with van der Waals surface area (Å²) in [5.41, 5.74) is 1.92. The highest BCUT2D eigenvalue weighted by Crippen LogP contribution is 2.31. The minimum absolute atomic E-state index is 0.233. The molecule has 0 bridgehead atoms. The summed E-state index contributed by atoms with van der Waals surface area (Å²) in [6.07, 6.45) is 14.9. The number of allylic oxidation sites excluding steroid dienone is 1. The Balaban J connectivity index is 2.15. The number of rotatable bonds is 5. The molecule has 1 unspecified atom stereocenters. The molecule has 0 saturated carbocycles. The van der Waals surface area contributed by atoms with Gasteiger partial charge in [-0.05, 0) is 72.0 Å². The van der Waals surface area contributed by atoms with Gasteiger partial charge in [-0.3, -0.25) is 4.90 Å². The van der Waals surface area contributed by atoms with Crippen molar-refractivity contribution in [1.82, 2.24) is 10.2 Å². The van der Waals surface area contributed by atoms with Crippen molar-refractivity contribution in [3.05, 3.63) is 11.6 Å². The molecule has 0 aromatic rings. The average Bonchev–Trinajstić information content (AvgIpc) is 2.89. The van der Waals surface area contributed by atoms with E-state index in [4.69, 9.17) is 0 Å². The molecule has 2 aliphatic rings. The summed E-state index contributed by atoms with van der Waals surface area (Å²) >= 11 is 0. The van der Waals surface area contributed by atoms with E-state index in [9.17, 15) is 0 Å². The zero-order valence-corrected chi connectivity index (χ0v) is 14.6. The highest BCUT2D eigenvalue weighted by Gasteiger charge is 2.36. The van der Waals surface area contributed by atoms with Gasteiger partial charge in [0.15, 0.2) is 0 Å². The second-order valence-corrected chi connectivity index (χ2v) is 7.42. The fourth-order valence-corrected chi connectivity index (χ4v) is 4.17. The fraction of sp³-hybridized carbons (Fsp3) is 0.895.